The number of aromatic nitrogens is 2. The van der Waals surface area contributed by atoms with E-state index in [1.807, 2.05) is 12.1 Å². The van der Waals surface area contributed by atoms with Gasteiger partial charge in [0, 0.05) is 0 Å². The Morgan fingerprint density at radius 3 is 2.94 bits per heavy atom. The molecule has 0 radical (unpaired) electrons. The molecular formula is C13H19N3. The summed E-state index contributed by atoms with van der Waals surface area (Å²) in [6, 6.07) is 6.19. The molecule has 3 N–H and O–H groups in total. The first kappa shape index (κ1) is 11.1. The molecule has 3 nitrogen and oxygen atoms in total. The summed E-state index contributed by atoms with van der Waals surface area (Å²) in [6.07, 6.45) is 3.32. The highest BCUT2D eigenvalue weighted by Crippen LogP contribution is 2.20. The number of imidazole rings is 1. The number of hydrogen-bond donors (Lipinski definition) is 2. The molecular weight excluding hydrogens is 198 g/mol. The van der Waals surface area contributed by atoms with E-state index in [0.717, 1.165) is 29.7 Å². The fraction of sp³-hybridized carbons (Fsp3) is 0.462. The van der Waals surface area contributed by atoms with Gasteiger partial charge in [0.1, 0.15) is 5.82 Å². The number of benzene rings is 1. The Morgan fingerprint density at radius 2 is 2.25 bits per heavy atom. The van der Waals surface area contributed by atoms with E-state index in [0.29, 0.717) is 0 Å². The van der Waals surface area contributed by atoms with E-state index in [-0.39, 0.29) is 6.04 Å². The van der Waals surface area contributed by atoms with Crippen molar-refractivity contribution in [3.05, 3.63) is 29.6 Å². The number of rotatable bonds is 4. The molecule has 1 aromatic heterocycles. The summed E-state index contributed by atoms with van der Waals surface area (Å²) in [7, 11) is 0. The number of hydrogen-bond acceptors (Lipinski definition) is 2. The standard InChI is InChI=1S/C13H19N3/c1-3-4-7-10(14)13-15-11-8-5-6-9(2)12(11)16-13/h5-6,8,10H,3-4,7,14H2,1-2H3,(H,15,16)/t10-/m1/s1. The number of aryl methyl sites for hydroxylation is 1. The monoisotopic (exact) mass is 217 g/mol. The second-order valence-electron chi connectivity index (χ2n) is 4.34. The lowest BCUT2D eigenvalue weighted by Gasteiger charge is -2.06. The van der Waals surface area contributed by atoms with Crippen molar-refractivity contribution in [1.29, 1.82) is 0 Å². The molecule has 1 atom stereocenters. The number of para-hydroxylation sites is 1. The molecule has 0 aliphatic heterocycles. The van der Waals surface area contributed by atoms with Gasteiger partial charge in [-0.05, 0) is 25.0 Å². The van der Waals surface area contributed by atoms with Crippen LogP contribution in [-0.2, 0) is 0 Å². The molecule has 0 fully saturated rings. The lowest BCUT2D eigenvalue weighted by atomic mass is 10.1. The maximum Gasteiger partial charge on any atom is 0.124 e. The first-order chi connectivity index (χ1) is 7.72. The molecule has 0 saturated carbocycles. The quantitative estimate of drug-likeness (QED) is 0.827. The van der Waals surface area contributed by atoms with Crippen LogP contribution in [-0.4, -0.2) is 9.97 Å². The maximum absolute atomic E-state index is 6.10. The lowest BCUT2D eigenvalue weighted by molar-refractivity contribution is 0.581. The van der Waals surface area contributed by atoms with Crippen LogP contribution in [0, 0.1) is 6.92 Å². The molecule has 2 aromatic rings. The second-order valence-corrected chi connectivity index (χ2v) is 4.34. The van der Waals surface area contributed by atoms with Gasteiger partial charge < -0.3 is 10.7 Å². The molecule has 0 bridgehead atoms. The number of aromatic amines is 1. The minimum atomic E-state index is 0.0340. The summed E-state index contributed by atoms with van der Waals surface area (Å²) >= 11 is 0. The number of nitrogens with zero attached hydrogens (tertiary/aromatic N) is 1. The van der Waals surface area contributed by atoms with Gasteiger partial charge in [-0.25, -0.2) is 4.98 Å². The third-order valence-electron chi connectivity index (χ3n) is 2.95. The Kier molecular flexibility index (Phi) is 3.25. The third kappa shape index (κ3) is 2.09. The summed E-state index contributed by atoms with van der Waals surface area (Å²) in [5.41, 5.74) is 9.43. The molecule has 0 aliphatic rings. The minimum Gasteiger partial charge on any atom is -0.341 e. The Balaban J connectivity index is 2.29. The molecule has 2 rings (SSSR count). The topological polar surface area (TPSA) is 54.7 Å². The van der Waals surface area contributed by atoms with Crippen LogP contribution in [0.2, 0.25) is 0 Å². The first-order valence-corrected chi connectivity index (χ1v) is 5.93. The van der Waals surface area contributed by atoms with E-state index in [4.69, 9.17) is 5.73 Å². The van der Waals surface area contributed by atoms with Gasteiger partial charge in [-0.3, -0.25) is 0 Å². The lowest BCUT2D eigenvalue weighted by Crippen LogP contribution is -2.11. The largest absolute Gasteiger partial charge is 0.341 e. The zero-order valence-corrected chi connectivity index (χ0v) is 9.96. The van der Waals surface area contributed by atoms with Gasteiger partial charge in [0.05, 0.1) is 17.1 Å². The molecule has 1 heterocycles. The summed E-state index contributed by atoms with van der Waals surface area (Å²) in [5.74, 6) is 0.915. The van der Waals surface area contributed by atoms with Crippen LogP contribution in [0.5, 0.6) is 0 Å². The van der Waals surface area contributed by atoms with E-state index < -0.39 is 0 Å². The summed E-state index contributed by atoms with van der Waals surface area (Å²) < 4.78 is 0. The Labute approximate surface area is 96.1 Å². The zero-order chi connectivity index (χ0) is 11.5. The predicted octanol–water partition coefficient (Wildman–Crippen LogP) is 3.06. The van der Waals surface area contributed by atoms with Crippen LogP contribution in [0.3, 0.4) is 0 Å². The van der Waals surface area contributed by atoms with Crippen LogP contribution in [0.1, 0.15) is 43.6 Å². The number of nitrogens with one attached hydrogen (secondary N) is 1. The zero-order valence-electron chi connectivity index (χ0n) is 9.96. The molecule has 0 unspecified atom stereocenters. The molecule has 0 amide bonds. The first-order valence-electron chi connectivity index (χ1n) is 5.93. The molecule has 3 heteroatoms. The van der Waals surface area contributed by atoms with Gasteiger partial charge >= 0.3 is 0 Å². The molecule has 1 aromatic carbocycles. The average molecular weight is 217 g/mol. The van der Waals surface area contributed by atoms with Gasteiger partial charge in [-0.15, -0.1) is 0 Å². The van der Waals surface area contributed by atoms with Crippen molar-refractivity contribution in [2.24, 2.45) is 5.73 Å². The van der Waals surface area contributed by atoms with Crippen LogP contribution < -0.4 is 5.73 Å². The van der Waals surface area contributed by atoms with Crippen molar-refractivity contribution < 1.29 is 0 Å². The van der Waals surface area contributed by atoms with Crippen molar-refractivity contribution in [2.75, 3.05) is 0 Å². The molecule has 0 saturated heterocycles. The van der Waals surface area contributed by atoms with E-state index in [9.17, 15) is 0 Å². The highest BCUT2D eigenvalue weighted by atomic mass is 15.0. The van der Waals surface area contributed by atoms with Gasteiger partial charge in [-0.1, -0.05) is 31.9 Å². The SMILES string of the molecule is CCCC[C@@H](N)c1nc2c(C)cccc2[nH]1. The van der Waals surface area contributed by atoms with Gasteiger partial charge in [0.25, 0.3) is 0 Å². The second kappa shape index (κ2) is 4.66. The van der Waals surface area contributed by atoms with Gasteiger partial charge in [0.2, 0.25) is 0 Å². The summed E-state index contributed by atoms with van der Waals surface area (Å²) in [4.78, 5) is 7.89. The molecule has 0 aliphatic carbocycles. The Bertz CT molecular complexity index is 473. The van der Waals surface area contributed by atoms with Crippen molar-refractivity contribution >= 4 is 11.0 Å². The van der Waals surface area contributed by atoms with Crippen molar-refractivity contribution in [1.82, 2.24) is 9.97 Å². The van der Waals surface area contributed by atoms with E-state index in [2.05, 4.69) is 29.9 Å². The van der Waals surface area contributed by atoms with Crippen LogP contribution in [0.15, 0.2) is 18.2 Å². The molecule has 16 heavy (non-hydrogen) atoms. The number of nitrogens with two attached hydrogens (primary N) is 1. The molecule has 0 spiro atoms. The fourth-order valence-electron chi connectivity index (χ4n) is 1.93. The Hall–Kier alpha value is -1.35. The summed E-state index contributed by atoms with van der Waals surface area (Å²) in [6.45, 7) is 4.25. The van der Waals surface area contributed by atoms with Crippen LogP contribution in [0.25, 0.3) is 11.0 Å². The van der Waals surface area contributed by atoms with Gasteiger partial charge in [-0.2, -0.15) is 0 Å². The van der Waals surface area contributed by atoms with E-state index >= 15 is 0 Å². The highest BCUT2D eigenvalue weighted by Gasteiger charge is 2.11. The van der Waals surface area contributed by atoms with E-state index in [1.165, 1.54) is 12.0 Å². The predicted molar refractivity (Wildman–Crippen MR) is 67.3 cm³/mol. The van der Waals surface area contributed by atoms with Crippen molar-refractivity contribution in [3.8, 4) is 0 Å². The van der Waals surface area contributed by atoms with Gasteiger partial charge in [0.15, 0.2) is 0 Å². The smallest absolute Gasteiger partial charge is 0.124 e. The minimum absolute atomic E-state index is 0.0340. The Morgan fingerprint density at radius 1 is 1.44 bits per heavy atom. The third-order valence-corrected chi connectivity index (χ3v) is 2.95. The van der Waals surface area contributed by atoms with Crippen LogP contribution in [0.4, 0.5) is 0 Å². The van der Waals surface area contributed by atoms with E-state index in [1.54, 1.807) is 0 Å². The number of unbranched alkanes of at least 4 members (excludes halogenated alkanes) is 1. The van der Waals surface area contributed by atoms with Crippen molar-refractivity contribution in [2.45, 2.75) is 39.2 Å². The van der Waals surface area contributed by atoms with Crippen LogP contribution >= 0.6 is 0 Å². The average Bonchev–Trinajstić information content (AvgIpc) is 2.71. The highest BCUT2D eigenvalue weighted by molar-refractivity contribution is 5.78. The normalized spacial score (nSPS) is 13.2. The maximum atomic E-state index is 6.10. The number of H-pyrrole nitrogens is 1. The number of fused-ring (bicyclic) bond motifs is 1. The fourth-order valence-corrected chi connectivity index (χ4v) is 1.93. The molecule has 86 valence electrons. The summed E-state index contributed by atoms with van der Waals surface area (Å²) in [5, 5.41) is 0. The van der Waals surface area contributed by atoms with Crippen molar-refractivity contribution in [3.63, 3.8) is 0 Å².